The first-order chi connectivity index (χ1) is 6.60. The molecule has 14 heavy (non-hydrogen) atoms. The minimum Gasteiger partial charge on any atom is -0.465 e. The van der Waals surface area contributed by atoms with Crippen LogP contribution in [0.4, 0.5) is 0 Å². The molecule has 0 saturated heterocycles. The van der Waals surface area contributed by atoms with Crippen molar-refractivity contribution < 1.29 is 9.53 Å². The number of hydrogen-bond acceptors (Lipinski definition) is 4. The summed E-state index contributed by atoms with van der Waals surface area (Å²) >= 11 is 6.15. The van der Waals surface area contributed by atoms with Crippen LogP contribution in [0.1, 0.15) is 15.9 Å². The molecule has 3 nitrogen and oxygen atoms in total. The molecule has 1 aromatic carbocycles. The van der Waals surface area contributed by atoms with E-state index in [1.807, 2.05) is 28.7 Å². The Bertz CT molecular complexity index is 426. The fraction of sp³-hybridized carbons (Fsp3) is 0.111. The molecule has 0 aliphatic rings. The Balaban J connectivity index is 3.36. The number of carbonyl (C=O) groups excluding carboxylic acids is 1. The first-order valence-electron chi connectivity index (χ1n) is 3.61. The zero-order valence-corrected chi connectivity index (χ0v) is 10.3. The molecule has 0 aliphatic carbocycles. The summed E-state index contributed by atoms with van der Waals surface area (Å²) in [5.74, 6) is -0.457. The molecule has 0 atom stereocenters. The molecule has 1 aromatic rings. The van der Waals surface area contributed by atoms with E-state index in [0.717, 1.165) is 0 Å². The molecular weight excluding hydrogens is 313 g/mol. The fourth-order valence-corrected chi connectivity index (χ4v) is 1.72. The van der Waals surface area contributed by atoms with Crippen LogP contribution in [0.5, 0.6) is 0 Å². The number of nitrogens with zero attached hydrogens (tertiary/aromatic N) is 1. The van der Waals surface area contributed by atoms with Gasteiger partial charge in [0.25, 0.3) is 0 Å². The molecule has 0 aliphatic heterocycles. The zero-order chi connectivity index (χ0) is 10.7. The number of methoxy groups -OCH3 is 1. The molecule has 5 heteroatoms. The van der Waals surface area contributed by atoms with E-state index in [-0.39, 0.29) is 0 Å². The van der Waals surface area contributed by atoms with Crippen molar-refractivity contribution in [2.24, 2.45) is 0 Å². The van der Waals surface area contributed by atoms with Gasteiger partial charge in [0.1, 0.15) is 0 Å². The summed E-state index contributed by atoms with van der Waals surface area (Å²) in [5.41, 5.74) is 0.771. The average molecular weight is 319 g/mol. The maximum atomic E-state index is 11.3. The van der Waals surface area contributed by atoms with E-state index < -0.39 is 5.97 Å². The zero-order valence-electron chi connectivity index (χ0n) is 7.24. The van der Waals surface area contributed by atoms with Crippen LogP contribution in [0.3, 0.4) is 0 Å². The standard InChI is InChI=1S/C9H6INO2S/c1-13-9(12)6-2-5(4-11)3-7(14)8(6)10/h2-3,14H,1H3. The van der Waals surface area contributed by atoms with Gasteiger partial charge in [-0.25, -0.2) is 4.79 Å². The second-order valence-corrected chi connectivity index (χ2v) is 4.02. The maximum absolute atomic E-state index is 11.3. The van der Waals surface area contributed by atoms with Crippen molar-refractivity contribution in [3.63, 3.8) is 0 Å². The maximum Gasteiger partial charge on any atom is 0.339 e. The third-order valence-corrected chi connectivity index (χ3v) is 3.53. The highest BCUT2D eigenvalue weighted by Gasteiger charge is 2.13. The van der Waals surface area contributed by atoms with Gasteiger partial charge in [0.2, 0.25) is 0 Å². The fourth-order valence-electron chi connectivity index (χ4n) is 0.932. The highest BCUT2D eigenvalue weighted by Crippen LogP contribution is 2.23. The third-order valence-electron chi connectivity index (χ3n) is 1.59. The molecule has 0 amide bonds. The van der Waals surface area contributed by atoms with Gasteiger partial charge in [-0.05, 0) is 34.7 Å². The number of rotatable bonds is 1. The highest BCUT2D eigenvalue weighted by atomic mass is 127. The van der Waals surface area contributed by atoms with Gasteiger partial charge >= 0.3 is 5.97 Å². The van der Waals surface area contributed by atoms with Gasteiger partial charge in [-0.1, -0.05) is 0 Å². The molecule has 0 fully saturated rings. The third kappa shape index (κ3) is 2.19. The lowest BCUT2D eigenvalue weighted by Crippen LogP contribution is -2.05. The van der Waals surface area contributed by atoms with Crippen molar-refractivity contribution in [3.05, 3.63) is 26.8 Å². The van der Waals surface area contributed by atoms with Crippen molar-refractivity contribution in [2.75, 3.05) is 7.11 Å². The monoisotopic (exact) mass is 319 g/mol. The predicted molar refractivity (Wildman–Crippen MR) is 62.5 cm³/mol. The van der Waals surface area contributed by atoms with E-state index >= 15 is 0 Å². The molecule has 0 aromatic heterocycles. The van der Waals surface area contributed by atoms with Crippen LogP contribution in [-0.4, -0.2) is 13.1 Å². The number of thiol groups is 1. The van der Waals surface area contributed by atoms with Crippen molar-refractivity contribution in [1.82, 2.24) is 0 Å². The topological polar surface area (TPSA) is 50.1 Å². The van der Waals surface area contributed by atoms with Gasteiger partial charge in [-0.2, -0.15) is 5.26 Å². The van der Waals surface area contributed by atoms with E-state index in [1.54, 1.807) is 6.07 Å². The Kier molecular flexibility index (Phi) is 3.77. The van der Waals surface area contributed by atoms with Gasteiger partial charge in [-0.3, -0.25) is 0 Å². The quantitative estimate of drug-likeness (QED) is 0.491. The molecule has 0 heterocycles. The Hall–Kier alpha value is -0.740. The van der Waals surface area contributed by atoms with E-state index in [0.29, 0.717) is 19.6 Å². The van der Waals surface area contributed by atoms with E-state index in [1.165, 1.54) is 13.2 Å². The van der Waals surface area contributed by atoms with Crippen LogP contribution in [-0.2, 0) is 4.74 Å². The van der Waals surface area contributed by atoms with Gasteiger partial charge in [-0.15, -0.1) is 12.6 Å². The predicted octanol–water partition coefficient (Wildman–Crippen LogP) is 2.24. The van der Waals surface area contributed by atoms with Crippen molar-refractivity contribution in [3.8, 4) is 6.07 Å². The van der Waals surface area contributed by atoms with Gasteiger partial charge in [0.05, 0.1) is 24.3 Å². The molecule has 0 spiro atoms. The summed E-state index contributed by atoms with van der Waals surface area (Å²) < 4.78 is 5.28. The first-order valence-corrected chi connectivity index (χ1v) is 5.13. The highest BCUT2D eigenvalue weighted by molar-refractivity contribution is 14.1. The number of carbonyl (C=O) groups is 1. The van der Waals surface area contributed by atoms with Gasteiger partial charge in [0.15, 0.2) is 0 Å². The summed E-state index contributed by atoms with van der Waals surface area (Å²) in [4.78, 5) is 11.9. The summed E-state index contributed by atoms with van der Waals surface area (Å²) in [6.07, 6.45) is 0. The van der Waals surface area contributed by atoms with Crippen LogP contribution in [0.15, 0.2) is 17.0 Å². The van der Waals surface area contributed by atoms with Crippen molar-refractivity contribution in [1.29, 1.82) is 5.26 Å². The van der Waals surface area contributed by atoms with Crippen LogP contribution >= 0.6 is 35.2 Å². The molecule has 0 bridgehead atoms. The summed E-state index contributed by atoms with van der Waals surface area (Å²) in [7, 11) is 1.30. The van der Waals surface area contributed by atoms with E-state index in [9.17, 15) is 4.79 Å². The number of esters is 1. The second kappa shape index (κ2) is 4.66. The van der Waals surface area contributed by atoms with Gasteiger partial charge in [0, 0.05) is 8.47 Å². The minimum atomic E-state index is -0.457. The lowest BCUT2D eigenvalue weighted by atomic mass is 10.1. The Morgan fingerprint density at radius 3 is 2.79 bits per heavy atom. The van der Waals surface area contributed by atoms with Crippen molar-refractivity contribution in [2.45, 2.75) is 4.90 Å². The summed E-state index contributed by atoms with van der Waals surface area (Å²) in [6.45, 7) is 0. The van der Waals surface area contributed by atoms with E-state index in [2.05, 4.69) is 17.4 Å². The SMILES string of the molecule is COC(=O)c1cc(C#N)cc(S)c1I. The first kappa shape index (κ1) is 11.3. The van der Waals surface area contributed by atoms with Crippen LogP contribution in [0.25, 0.3) is 0 Å². The Morgan fingerprint density at radius 1 is 1.64 bits per heavy atom. The molecule has 0 radical (unpaired) electrons. The molecule has 1 rings (SSSR count). The molecule has 0 saturated carbocycles. The smallest absolute Gasteiger partial charge is 0.339 e. The number of nitriles is 1. The Morgan fingerprint density at radius 2 is 2.29 bits per heavy atom. The molecule has 0 N–H and O–H groups in total. The van der Waals surface area contributed by atoms with Crippen LogP contribution in [0, 0.1) is 14.9 Å². The molecular formula is C9H6INO2S. The van der Waals surface area contributed by atoms with Crippen LogP contribution in [0.2, 0.25) is 0 Å². The number of benzene rings is 1. The number of hydrogen-bond donors (Lipinski definition) is 1. The summed E-state index contributed by atoms with van der Waals surface area (Å²) in [5, 5.41) is 8.69. The lowest BCUT2D eigenvalue weighted by Gasteiger charge is -2.05. The van der Waals surface area contributed by atoms with Crippen molar-refractivity contribution >= 4 is 41.2 Å². The lowest BCUT2D eigenvalue weighted by molar-refractivity contribution is 0.0599. The minimum absolute atomic E-state index is 0.372. The average Bonchev–Trinajstić information content (AvgIpc) is 2.20. The largest absolute Gasteiger partial charge is 0.465 e. The molecule has 0 unspecified atom stereocenters. The normalized spacial score (nSPS) is 9.29. The van der Waals surface area contributed by atoms with E-state index in [4.69, 9.17) is 5.26 Å². The van der Waals surface area contributed by atoms with Crippen LogP contribution < -0.4 is 0 Å². The second-order valence-electron chi connectivity index (χ2n) is 2.46. The molecule has 72 valence electrons. The number of ether oxygens (including phenoxy) is 1. The summed E-state index contributed by atoms with van der Waals surface area (Å²) in [6, 6.07) is 5.06. The van der Waals surface area contributed by atoms with Gasteiger partial charge < -0.3 is 4.74 Å². The number of halogens is 1. The Labute approximate surface area is 101 Å².